The van der Waals surface area contributed by atoms with E-state index in [4.69, 9.17) is 14.8 Å². The minimum atomic E-state index is 0.00591. The van der Waals surface area contributed by atoms with E-state index in [0.717, 1.165) is 30.8 Å². The minimum absolute atomic E-state index is 0.00591. The van der Waals surface area contributed by atoms with E-state index in [0.29, 0.717) is 30.0 Å². The molecular weight excluding hydrogens is 360 g/mol. The largest absolute Gasteiger partial charge is 0.385 e. The predicted molar refractivity (Wildman–Crippen MR) is 107 cm³/mol. The number of aromatic nitrogens is 3. The van der Waals surface area contributed by atoms with Crippen LogP contribution in [0.3, 0.4) is 0 Å². The SMILES string of the molecule is COCCCNC(=O)CSc1nc(C2CCCCC2)n(-c2ccccc2)n1. The Morgan fingerprint density at radius 3 is 2.78 bits per heavy atom. The summed E-state index contributed by atoms with van der Waals surface area (Å²) in [6, 6.07) is 10.1. The lowest BCUT2D eigenvalue weighted by atomic mass is 9.88. The third-order valence-corrected chi connectivity index (χ3v) is 5.60. The number of ether oxygens (including phenoxy) is 1. The molecule has 3 rings (SSSR count). The average Bonchev–Trinajstić information content (AvgIpc) is 3.15. The second-order valence-corrected chi connectivity index (χ2v) is 7.76. The lowest BCUT2D eigenvalue weighted by molar-refractivity contribution is -0.118. The molecule has 1 fully saturated rings. The third kappa shape index (κ3) is 5.81. The van der Waals surface area contributed by atoms with Crippen LogP contribution in [0.4, 0.5) is 0 Å². The van der Waals surface area contributed by atoms with Crippen LogP contribution < -0.4 is 5.32 Å². The summed E-state index contributed by atoms with van der Waals surface area (Å²) >= 11 is 1.40. The highest BCUT2D eigenvalue weighted by molar-refractivity contribution is 7.99. The number of carbonyl (C=O) groups excluding carboxylic acids is 1. The zero-order valence-corrected chi connectivity index (χ0v) is 16.7. The van der Waals surface area contributed by atoms with Crippen molar-refractivity contribution in [3.63, 3.8) is 0 Å². The topological polar surface area (TPSA) is 69.0 Å². The summed E-state index contributed by atoms with van der Waals surface area (Å²) in [5.41, 5.74) is 1.03. The Balaban J connectivity index is 1.67. The van der Waals surface area contributed by atoms with E-state index in [1.165, 1.54) is 31.0 Å². The summed E-state index contributed by atoms with van der Waals surface area (Å²) in [5.74, 6) is 1.81. The molecule has 1 saturated carbocycles. The van der Waals surface area contributed by atoms with Crippen LogP contribution in [0.25, 0.3) is 5.69 Å². The number of hydrogen-bond donors (Lipinski definition) is 1. The first-order chi connectivity index (χ1) is 13.3. The van der Waals surface area contributed by atoms with Gasteiger partial charge >= 0.3 is 0 Å². The van der Waals surface area contributed by atoms with E-state index in [1.54, 1.807) is 7.11 Å². The molecule has 1 amide bonds. The average molecular weight is 389 g/mol. The molecule has 6 nitrogen and oxygen atoms in total. The Kier molecular flexibility index (Phi) is 7.71. The first kappa shape index (κ1) is 19.9. The molecular formula is C20H28N4O2S. The zero-order valence-electron chi connectivity index (χ0n) is 15.9. The fraction of sp³-hybridized carbons (Fsp3) is 0.550. The van der Waals surface area contributed by atoms with Gasteiger partial charge in [-0.2, -0.15) is 0 Å². The molecule has 0 bridgehead atoms. The maximum Gasteiger partial charge on any atom is 0.230 e. The number of benzene rings is 1. The number of para-hydroxylation sites is 1. The quantitative estimate of drug-likeness (QED) is 0.525. The molecule has 0 spiro atoms. The lowest BCUT2D eigenvalue weighted by Gasteiger charge is -2.21. The van der Waals surface area contributed by atoms with E-state index in [-0.39, 0.29) is 5.91 Å². The van der Waals surface area contributed by atoms with E-state index < -0.39 is 0 Å². The maximum absolute atomic E-state index is 12.0. The van der Waals surface area contributed by atoms with Crippen molar-refractivity contribution in [1.82, 2.24) is 20.1 Å². The van der Waals surface area contributed by atoms with Gasteiger partial charge < -0.3 is 10.1 Å². The highest BCUT2D eigenvalue weighted by atomic mass is 32.2. The van der Waals surface area contributed by atoms with Crippen LogP contribution in [0.15, 0.2) is 35.5 Å². The molecule has 0 radical (unpaired) electrons. The Bertz CT molecular complexity index is 714. The van der Waals surface area contributed by atoms with Crippen LogP contribution in [-0.2, 0) is 9.53 Å². The summed E-state index contributed by atoms with van der Waals surface area (Å²) in [6.07, 6.45) is 6.95. The molecule has 7 heteroatoms. The van der Waals surface area contributed by atoms with Crippen molar-refractivity contribution in [3.8, 4) is 5.69 Å². The van der Waals surface area contributed by atoms with E-state index in [1.807, 2.05) is 22.9 Å². The minimum Gasteiger partial charge on any atom is -0.385 e. The highest BCUT2D eigenvalue weighted by Gasteiger charge is 2.23. The van der Waals surface area contributed by atoms with Crippen molar-refractivity contribution < 1.29 is 9.53 Å². The molecule has 1 heterocycles. The van der Waals surface area contributed by atoms with Crippen molar-refractivity contribution in [1.29, 1.82) is 0 Å². The summed E-state index contributed by atoms with van der Waals surface area (Å²) in [5, 5.41) is 8.28. The molecule has 0 saturated heterocycles. The number of rotatable bonds is 9. The van der Waals surface area contributed by atoms with E-state index in [2.05, 4.69) is 17.4 Å². The van der Waals surface area contributed by atoms with Crippen molar-refractivity contribution in [3.05, 3.63) is 36.2 Å². The van der Waals surface area contributed by atoms with Crippen LogP contribution >= 0.6 is 11.8 Å². The fourth-order valence-corrected chi connectivity index (χ4v) is 4.04. The van der Waals surface area contributed by atoms with Crippen LogP contribution in [0.5, 0.6) is 0 Å². The van der Waals surface area contributed by atoms with Gasteiger partial charge in [0.2, 0.25) is 11.1 Å². The van der Waals surface area contributed by atoms with E-state index in [9.17, 15) is 4.79 Å². The molecule has 0 unspecified atom stereocenters. The fourth-order valence-electron chi connectivity index (χ4n) is 3.38. The molecule has 1 aromatic carbocycles. The Hall–Kier alpha value is -1.86. The van der Waals surface area contributed by atoms with E-state index >= 15 is 0 Å². The number of amides is 1. The normalized spacial score (nSPS) is 15.0. The van der Waals surface area contributed by atoms with Gasteiger partial charge in [0.25, 0.3) is 0 Å². The molecule has 1 aliphatic rings. The van der Waals surface area contributed by atoms with Gasteiger partial charge in [-0.15, -0.1) is 5.10 Å². The van der Waals surface area contributed by atoms with Gasteiger partial charge in [-0.05, 0) is 31.4 Å². The number of methoxy groups -OCH3 is 1. The van der Waals surface area contributed by atoms with Crippen LogP contribution in [0, 0.1) is 0 Å². The molecule has 146 valence electrons. The van der Waals surface area contributed by atoms with Crippen molar-refractivity contribution in [2.45, 2.75) is 49.6 Å². The smallest absolute Gasteiger partial charge is 0.230 e. The summed E-state index contributed by atoms with van der Waals surface area (Å²) in [6.45, 7) is 1.29. The molecule has 1 aliphatic carbocycles. The zero-order chi connectivity index (χ0) is 18.9. The number of hydrogen-bond acceptors (Lipinski definition) is 5. The summed E-state index contributed by atoms with van der Waals surface area (Å²) in [4.78, 5) is 16.8. The van der Waals surface area contributed by atoms with Gasteiger partial charge in [0, 0.05) is 26.2 Å². The molecule has 0 atom stereocenters. The number of carbonyl (C=O) groups is 1. The number of nitrogens with one attached hydrogen (secondary N) is 1. The third-order valence-electron chi connectivity index (χ3n) is 4.76. The van der Waals surface area contributed by atoms with Crippen molar-refractivity contribution in [2.75, 3.05) is 26.0 Å². The molecule has 1 N–H and O–H groups in total. The second kappa shape index (κ2) is 10.5. The van der Waals surface area contributed by atoms with Gasteiger partial charge in [-0.3, -0.25) is 4.79 Å². The van der Waals surface area contributed by atoms with Gasteiger partial charge in [0.05, 0.1) is 11.4 Å². The standard InChI is InChI=1S/C20H28N4O2S/c1-26-14-8-13-21-18(25)15-27-20-22-19(16-9-4-2-5-10-16)24(23-20)17-11-6-3-7-12-17/h3,6-7,11-12,16H,2,4-5,8-10,13-15H2,1H3,(H,21,25). The Morgan fingerprint density at radius 1 is 1.26 bits per heavy atom. The first-order valence-electron chi connectivity index (χ1n) is 9.68. The second-order valence-electron chi connectivity index (χ2n) is 6.82. The van der Waals surface area contributed by atoms with Gasteiger partial charge in [-0.25, -0.2) is 9.67 Å². The number of thioether (sulfide) groups is 1. The summed E-state index contributed by atoms with van der Waals surface area (Å²) < 4.78 is 6.96. The lowest BCUT2D eigenvalue weighted by Crippen LogP contribution is -2.26. The highest BCUT2D eigenvalue weighted by Crippen LogP contribution is 2.33. The molecule has 2 aromatic rings. The number of nitrogens with zero attached hydrogens (tertiary/aromatic N) is 3. The van der Waals surface area contributed by atoms with Crippen LogP contribution in [0.2, 0.25) is 0 Å². The molecule has 27 heavy (non-hydrogen) atoms. The van der Waals surface area contributed by atoms with Gasteiger partial charge in [0.1, 0.15) is 5.82 Å². The van der Waals surface area contributed by atoms with Gasteiger partial charge in [-0.1, -0.05) is 49.2 Å². The summed E-state index contributed by atoms with van der Waals surface area (Å²) in [7, 11) is 1.66. The monoisotopic (exact) mass is 388 g/mol. The maximum atomic E-state index is 12.0. The van der Waals surface area contributed by atoms with Crippen LogP contribution in [-0.4, -0.2) is 46.7 Å². The Morgan fingerprint density at radius 2 is 2.04 bits per heavy atom. The first-order valence-corrected chi connectivity index (χ1v) is 10.7. The van der Waals surface area contributed by atoms with Gasteiger partial charge in [0.15, 0.2) is 0 Å². The molecule has 1 aromatic heterocycles. The molecule has 0 aliphatic heterocycles. The Labute approximate surface area is 165 Å². The van der Waals surface area contributed by atoms with Crippen LogP contribution in [0.1, 0.15) is 50.3 Å². The van der Waals surface area contributed by atoms with Crippen molar-refractivity contribution >= 4 is 17.7 Å². The van der Waals surface area contributed by atoms with Crippen molar-refractivity contribution in [2.24, 2.45) is 0 Å². The predicted octanol–water partition coefficient (Wildman–Crippen LogP) is 3.56.